The van der Waals surface area contributed by atoms with Crippen LogP contribution in [0.2, 0.25) is 0 Å². The van der Waals surface area contributed by atoms with Gasteiger partial charge in [-0.3, -0.25) is 14.4 Å². The largest absolute Gasteiger partial charge is 0.493 e. The molecule has 11 heteroatoms. The van der Waals surface area contributed by atoms with E-state index in [0.29, 0.717) is 65.8 Å². The normalized spacial score (nSPS) is 15.9. The fourth-order valence-corrected chi connectivity index (χ4v) is 7.01. The van der Waals surface area contributed by atoms with Gasteiger partial charge >= 0.3 is 0 Å². The van der Waals surface area contributed by atoms with Crippen molar-refractivity contribution in [2.75, 3.05) is 47.4 Å². The van der Waals surface area contributed by atoms with Crippen LogP contribution in [0.15, 0.2) is 41.2 Å². The van der Waals surface area contributed by atoms with Crippen LogP contribution in [0.4, 0.5) is 5.69 Å². The SMILES string of the molecule is COc1cc2c(cc1OC)[C@@H](NC(=O)CCCCCNc1ccc3c(cc1=O)[C@@H](NC(C)=O)CCc1cc(OC)c(OC)c(OC)c1-3)CC2. The highest BCUT2D eigenvalue weighted by Gasteiger charge is 2.30. The third-order valence-corrected chi connectivity index (χ3v) is 9.37. The number of nitrogens with one attached hydrogen (secondary N) is 3. The lowest BCUT2D eigenvalue weighted by atomic mass is 9.95. The number of methoxy groups -OCH3 is 5. The Hall–Kier alpha value is -4.93. The molecule has 2 aliphatic carbocycles. The maximum Gasteiger partial charge on any atom is 0.220 e. The minimum absolute atomic E-state index is 0.0257. The van der Waals surface area contributed by atoms with Crippen molar-refractivity contribution in [3.8, 4) is 39.9 Å². The van der Waals surface area contributed by atoms with Crippen LogP contribution in [0.5, 0.6) is 28.7 Å². The van der Waals surface area contributed by atoms with Crippen LogP contribution in [0.1, 0.15) is 79.8 Å². The molecule has 0 heterocycles. The number of hydrogen-bond donors (Lipinski definition) is 3. The van der Waals surface area contributed by atoms with Gasteiger partial charge < -0.3 is 39.6 Å². The van der Waals surface area contributed by atoms with Gasteiger partial charge in [-0.1, -0.05) is 12.5 Å². The van der Waals surface area contributed by atoms with E-state index in [1.165, 1.54) is 12.5 Å². The van der Waals surface area contributed by atoms with E-state index in [0.717, 1.165) is 54.4 Å². The first-order valence-electron chi connectivity index (χ1n) is 16.8. The standard InChI is InChI=1S/C38H47N3O8/c1-22(42)40-29-15-12-24-19-34(47-4)37(48-5)38(49-6)36(24)25-13-16-30(31(43)20-27(25)29)39-17-9-7-8-10-35(44)41-28-14-11-23-18-32(45-2)33(46-3)21-26(23)28/h13,16,18-21,28-29H,7-12,14-15,17H2,1-6H3,(H,39,43)(H,40,42)(H,41,44)/t28-,29-/m0/s1. The smallest absolute Gasteiger partial charge is 0.220 e. The number of unbranched alkanes of at least 4 members (excludes halogenated alkanes) is 2. The summed E-state index contributed by atoms with van der Waals surface area (Å²) >= 11 is 0. The van der Waals surface area contributed by atoms with E-state index >= 15 is 0 Å². The summed E-state index contributed by atoms with van der Waals surface area (Å²) in [5, 5.41) is 9.52. The predicted octanol–water partition coefficient (Wildman–Crippen LogP) is 5.66. The Labute approximate surface area is 287 Å². The van der Waals surface area contributed by atoms with Crippen LogP contribution in [-0.2, 0) is 22.4 Å². The molecular weight excluding hydrogens is 626 g/mol. The van der Waals surface area contributed by atoms with E-state index in [1.807, 2.05) is 24.3 Å². The molecule has 0 saturated carbocycles. The maximum atomic E-state index is 13.5. The number of carbonyl (C=O) groups excluding carboxylic acids is 2. The summed E-state index contributed by atoms with van der Waals surface area (Å²) in [6, 6.07) is 10.8. The molecule has 2 atom stereocenters. The van der Waals surface area contributed by atoms with Crippen LogP contribution < -0.4 is 45.1 Å². The Kier molecular flexibility index (Phi) is 11.5. The van der Waals surface area contributed by atoms with Gasteiger partial charge in [0.1, 0.15) is 0 Å². The Balaban J connectivity index is 1.24. The van der Waals surface area contributed by atoms with Gasteiger partial charge in [0.15, 0.2) is 23.0 Å². The molecule has 262 valence electrons. The molecule has 0 radical (unpaired) electrons. The van der Waals surface area contributed by atoms with E-state index in [4.69, 9.17) is 23.7 Å². The topological polar surface area (TPSA) is 133 Å². The zero-order valence-corrected chi connectivity index (χ0v) is 29.2. The first kappa shape index (κ1) is 35.4. The van der Waals surface area contributed by atoms with Crippen LogP contribution in [0.25, 0.3) is 11.1 Å². The van der Waals surface area contributed by atoms with Crippen LogP contribution in [0, 0.1) is 0 Å². The van der Waals surface area contributed by atoms with E-state index in [9.17, 15) is 14.4 Å². The fourth-order valence-electron chi connectivity index (χ4n) is 7.01. The van der Waals surface area contributed by atoms with Gasteiger partial charge in [0.2, 0.25) is 23.0 Å². The highest BCUT2D eigenvalue weighted by Crippen LogP contribution is 2.50. The Morgan fingerprint density at radius 1 is 0.714 bits per heavy atom. The van der Waals surface area contributed by atoms with E-state index in [2.05, 4.69) is 16.0 Å². The minimum Gasteiger partial charge on any atom is -0.493 e. The second-order valence-corrected chi connectivity index (χ2v) is 12.4. The third-order valence-electron chi connectivity index (χ3n) is 9.37. The lowest BCUT2D eigenvalue weighted by Crippen LogP contribution is -2.26. The molecule has 0 bridgehead atoms. The summed E-state index contributed by atoms with van der Waals surface area (Å²) in [4.78, 5) is 38.6. The third kappa shape index (κ3) is 7.71. The van der Waals surface area contributed by atoms with Crippen molar-refractivity contribution in [3.05, 3.63) is 68.9 Å². The molecule has 2 amide bonds. The number of aryl methyl sites for hydroxylation is 2. The van der Waals surface area contributed by atoms with Gasteiger partial charge in [0, 0.05) is 25.5 Å². The number of amides is 2. The number of fused-ring (bicyclic) bond motifs is 4. The molecule has 0 saturated heterocycles. The van der Waals surface area contributed by atoms with Gasteiger partial charge in [-0.2, -0.15) is 0 Å². The van der Waals surface area contributed by atoms with Crippen molar-refractivity contribution in [3.63, 3.8) is 0 Å². The van der Waals surface area contributed by atoms with Crippen molar-refractivity contribution < 1.29 is 33.3 Å². The number of ether oxygens (including phenoxy) is 5. The number of rotatable bonds is 14. The average molecular weight is 674 g/mol. The van der Waals surface area contributed by atoms with E-state index in [1.54, 1.807) is 47.7 Å². The van der Waals surface area contributed by atoms with Crippen LogP contribution >= 0.6 is 0 Å². The quantitative estimate of drug-likeness (QED) is 0.186. The molecule has 5 rings (SSSR count). The van der Waals surface area contributed by atoms with Crippen molar-refractivity contribution in [1.82, 2.24) is 10.6 Å². The number of benzene rings is 2. The molecule has 0 aliphatic heterocycles. The zero-order valence-electron chi connectivity index (χ0n) is 29.2. The number of carbonyl (C=O) groups is 2. The first-order chi connectivity index (χ1) is 23.7. The summed E-state index contributed by atoms with van der Waals surface area (Å²) in [5.41, 5.74) is 5.81. The van der Waals surface area contributed by atoms with E-state index < -0.39 is 0 Å². The Bertz CT molecular complexity index is 1760. The lowest BCUT2D eigenvalue weighted by molar-refractivity contribution is -0.122. The zero-order chi connectivity index (χ0) is 35.1. The molecule has 0 fully saturated rings. The summed E-state index contributed by atoms with van der Waals surface area (Å²) in [6.45, 7) is 2.05. The average Bonchev–Trinajstić information content (AvgIpc) is 3.33. The van der Waals surface area contributed by atoms with Crippen molar-refractivity contribution in [2.24, 2.45) is 0 Å². The highest BCUT2D eigenvalue weighted by atomic mass is 16.5. The molecule has 2 aliphatic rings. The monoisotopic (exact) mass is 673 g/mol. The van der Waals surface area contributed by atoms with E-state index in [-0.39, 0.29) is 29.3 Å². The summed E-state index contributed by atoms with van der Waals surface area (Å²) in [6.07, 6.45) is 5.73. The summed E-state index contributed by atoms with van der Waals surface area (Å²) in [5.74, 6) is 2.73. The fraction of sp³-hybridized carbons (Fsp3) is 0.447. The van der Waals surface area contributed by atoms with Crippen molar-refractivity contribution >= 4 is 17.5 Å². The molecule has 49 heavy (non-hydrogen) atoms. The van der Waals surface area contributed by atoms with Gasteiger partial charge in [-0.25, -0.2) is 0 Å². The maximum absolute atomic E-state index is 13.5. The molecule has 0 unspecified atom stereocenters. The van der Waals surface area contributed by atoms with Gasteiger partial charge in [-0.05, 0) is 96.7 Å². The van der Waals surface area contributed by atoms with Gasteiger partial charge in [0.25, 0.3) is 0 Å². The second-order valence-electron chi connectivity index (χ2n) is 12.4. The molecule has 0 aromatic heterocycles. The second kappa shape index (κ2) is 16.0. The van der Waals surface area contributed by atoms with Crippen molar-refractivity contribution in [2.45, 2.75) is 70.4 Å². The van der Waals surface area contributed by atoms with Crippen LogP contribution in [-0.4, -0.2) is 53.9 Å². The van der Waals surface area contributed by atoms with Crippen LogP contribution in [0.3, 0.4) is 0 Å². The Morgan fingerprint density at radius 2 is 1.37 bits per heavy atom. The Morgan fingerprint density at radius 3 is 2.04 bits per heavy atom. The summed E-state index contributed by atoms with van der Waals surface area (Å²) < 4.78 is 28.0. The number of hydrogen-bond acceptors (Lipinski definition) is 9. The summed E-state index contributed by atoms with van der Waals surface area (Å²) in [7, 11) is 7.95. The minimum atomic E-state index is -0.372. The highest BCUT2D eigenvalue weighted by molar-refractivity contribution is 5.84. The van der Waals surface area contributed by atoms with Gasteiger partial charge in [0.05, 0.1) is 53.3 Å². The molecule has 3 aromatic carbocycles. The molecule has 3 aromatic rings. The molecule has 0 spiro atoms. The molecule has 11 nitrogen and oxygen atoms in total. The number of anilines is 1. The predicted molar refractivity (Wildman–Crippen MR) is 188 cm³/mol. The first-order valence-corrected chi connectivity index (χ1v) is 16.8. The van der Waals surface area contributed by atoms with Gasteiger partial charge in [-0.15, -0.1) is 0 Å². The lowest BCUT2D eigenvalue weighted by Gasteiger charge is -2.19. The van der Waals surface area contributed by atoms with Crippen molar-refractivity contribution in [1.29, 1.82) is 0 Å². The molecular formula is C38H47N3O8. The molecule has 3 N–H and O–H groups in total.